The quantitative estimate of drug-likeness (QED) is 0.846. The van der Waals surface area contributed by atoms with E-state index in [0.29, 0.717) is 24.1 Å². The average molecular weight is 314 g/mol. The normalized spacial score (nSPS) is 23.1. The maximum Gasteiger partial charge on any atom is 0.242 e. The Morgan fingerprint density at radius 2 is 2.14 bits per heavy atom. The number of aliphatic hydroxyl groups is 1. The molecule has 1 aliphatic carbocycles. The maximum atomic E-state index is 12.4. The minimum absolute atomic E-state index is 0.117. The predicted molar refractivity (Wildman–Crippen MR) is 82.4 cm³/mol. The summed E-state index contributed by atoms with van der Waals surface area (Å²) >= 11 is 0. The molecule has 0 spiro atoms. The largest absolute Gasteiger partial charge is 0.390 e. The second-order valence-electron chi connectivity index (χ2n) is 6.46. The van der Waals surface area contributed by atoms with Gasteiger partial charge in [-0.2, -0.15) is 0 Å². The van der Waals surface area contributed by atoms with Crippen molar-refractivity contribution in [2.75, 3.05) is 6.54 Å². The molecule has 2 unspecified atom stereocenters. The Kier molecular flexibility index (Phi) is 5.11. The van der Waals surface area contributed by atoms with Gasteiger partial charge in [-0.25, -0.2) is 13.1 Å². The third-order valence-electron chi connectivity index (χ3n) is 4.30. The predicted octanol–water partition coefficient (Wildman–Crippen LogP) is 2.28. The van der Waals surface area contributed by atoms with Crippen molar-refractivity contribution in [3.63, 3.8) is 0 Å². The lowest BCUT2D eigenvalue weighted by Crippen LogP contribution is -2.28. The van der Waals surface area contributed by atoms with Crippen LogP contribution in [0.25, 0.3) is 0 Å². The van der Waals surface area contributed by atoms with E-state index in [4.69, 9.17) is 0 Å². The van der Waals surface area contributed by atoms with Gasteiger partial charge in [0.2, 0.25) is 10.0 Å². The van der Waals surface area contributed by atoms with Crippen LogP contribution in [-0.4, -0.2) is 24.6 Å². The number of rotatable bonds is 6. The van der Waals surface area contributed by atoms with Crippen molar-refractivity contribution in [3.8, 4) is 0 Å². The highest BCUT2D eigenvalue weighted by Crippen LogP contribution is 2.30. The van der Waals surface area contributed by atoms with E-state index in [0.717, 1.165) is 12.8 Å². The number of nitrogens with one attached hydrogen (secondary N) is 1. The second-order valence-corrected chi connectivity index (χ2v) is 8.23. The van der Waals surface area contributed by atoms with E-state index in [2.05, 4.69) is 11.6 Å². The number of hydrogen-bond acceptors (Lipinski definition) is 3. The summed E-state index contributed by atoms with van der Waals surface area (Å²) in [7, 11) is -3.49. The summed E-state index contributed by atoms with van der Waals surface area (Å²) in [5.41, 5.74) is 0.625. The van der Waals surface area contributed by atoms with E-state index in [1.54, 1.807) is 16.8 Å². The van der Waals surface area contributed by atoms with Gasteiger partial charge in [0.15, 0.2) is 0 Å². The summed E-state index contributed by atoms with van der Waals surface area (Å²) in [5, 5.41) is 9.34. The van der Waals surface area contributed by atoms with Crippen molar-refractivity contribution in [1.82, 2.24) is 9.29 Å². The minimum Gasteiger partial charge on any atom is -0.390 e. The highest BCUT2D eigenvalue weighted by molar-refractivity contribution is 7.89. The first-order chi connectivity index (χ1) is 9.83. The van der Waals surface area contributed by atoms with Crippen molar-refractivity contribution in [3.05, 3.63) is 18.0 Å². The van der Waals surface area contributed by atoms with Gasteiger partial charge in [-0.15, -0.1) is 0 Å². The number of hydrogen-bond donors (Lipinski definition) is 2. The van der Waals surface area contributed by atoms with Gasteiger partial charge < -0.3 is 9.67 Å². The molecule has 1 saturated carbocycles. The molecule has 0 saturated heterocycles. The van der Waals surface area contributed by atoms with Crippen LogP contribution in [0.15, 0.2) is 17.2 Å². The summed E-state index contributed by atoms with van der Waals surface area (Å²) in [6.07, 6.45) is 4.98. The standard InChI is InChI=1S/C15H26N2O3S/c1-11(2)17-9-15(7-14(17)10-18)21(19,20)16-8-13-5-4-12(3)6-13/h7,9,11-13,16,18H,4-6,8,10H2,1-3H3. The molecule has 1 aliphatic rings. The molecule has 2 atom stereocenters. The fraction of sp³-hybridized carbons (Fsp3) is 0.733. The summed E-state index contributed by atoms with van der Waals surface area (Å²) in [4.78, 5) is 0.242. The Hall–Kier alpha value is -0.850. The number of nitrogens with zero attached hydrogens (tertiary/aromatic N) is 1. The van der Waals surface area contributed by atoms with Crippen molar-refractivity contribution in [1.29, 1.82) is 0 Å². The number of sulfonamides is 1. The zero-order valence-electron chi connectivity index (χ0n) is 13.0. The molecule has 0 aliphatic heterocycles. The van der Waals surface area contributed by atoms with Gasteiger partial charge in [-0.05, 0) is 44.6 Å². The lowest BCUT2D eigenvalue weighted by Gasteiger charge is -2.11. The molecule has 120 valence electrons. The van der Waals surface area contributed by atoms with Crippen LogP contribution < -0.4 is 4.72 Å². The maximum absolute atomic E-state index is 12.4. The molecule has 1 aromatic heterocycles. The minimum atomic E-state index is -3.49. The van der Waals surface area contributed by atoms with Crippen LogP contribution in [0.3, 0.4) is 0 Å². The average Bonchev–Trinajstić information content (AvgIpc) is 3.02. The Labute approximate surface area is 127 Å². The molecule has 2 rings (SSSR count). The van der Waals surface area contributed by atoms with Crippen molar-refractivity contribution in [2.45, 2.75) is 57.6 Å². The third kappa shape index (κ3) is 3.87. The van der Waals surface area contributed by atoms with Crippen LogP contribution in [-0.2, 0) is 16.6 Å². The third-order valence-corrected chi connectivity index (χ3v) is 5.69. The molecule has 0 aromatic carbocycles. The smallest absolute Gasteiger partial charge is 0.242 e. The van der Waals surface area contributed by atoms with Gasteiger partial charge >= 0.3 is 0 Å². The highest BCUT2D eigenvalue weighted by Gasteiger charge is 2.24. The first-order valence-corrected chi connectivity index (χ1v) is 9.13. The van der Waals surface area contributed by atoms with Gasteiger partial charge in [0.1, 0.15) is 0 Å². The van der Waals surface area contributed by atoms with Crippen LogP contribution >= 0.6 is 0 Å². The van der Waals surface area contributed by atoms with E-state index >= 15 is 0 Å². The van der Waals surface area contributed by atoms with Gasteiger partial charge in [0.05, 0.1) is 11.5 Å². The molecule has 0 amide bonds. The Bertz CT molecular complexity index is 578. The summed E-state index contributed by atoms with van der Waals surface area (Å²) in [6.45, 7) is 6.48. The van der Waals surface area contributed by atoms with Crippen LogP contribution in [0.4, 0.5) is 0 Å². The molecule has 1 heterocycles. The van der Waals surface area contributed by atoms with Crippen LogP contribution in [0, 0.1) is 11.8 Å². The fourth-order valence-electron chi connectivity index (χ4n) is 3.07. The van der Waals surface area contributed by atoms with E-state index in [-0.39, 0.29) is 17.5 Å². The van der Waals surface area contributed by atoms with E-state index in [1.807, 2.05) is 13.8 Å². The van der Waals surface area contributed by atoms with Gasteiger partial charge in [-0.1, -0.05) is 13.3 Å². The van der Waals surface area contributed by atoms with Crippen LogP contribution in [0.5, 0.6) is 0 Å². The van der Waals surface area contributed by atoms with Crippen molar-refractivity contribution < 1.29 is 13.5 Å². The molecular formula is C15H26N2O3S. The Balaban J connectivity index is 2.08. The van der Waals surface area contributed by atoms with E-state index in [9.17, 15) is 13.5 Å². The monoisotopic (exact) mass is 314 g/mol. The van der Waals surface area contributed by atoms with Crippen molar-refractivity contribution in [2.24, 2.45) is 11.8 Å². The number of aromatic nitrogens is 1. The highest BCUT2D eigenvalue weighted by atomic mass is 32.2. The number of aliphatic hydroxyl groups excluding tert-OH is 1. The summed E-state index contributed by atoms with van der Waals surface area (Å²) in [5.74, 6) is 1.14. The lowest BCUT2D eigenvalue weighted by molar-refractivity contribution is 0.268. The molecule has 6 heteroatoms. The fourth-order valence-corrected chi connectivity index (χ4v) is 4.24. The van der Waals surface area contributed by atoms with Crippen LogP contribution in [0.2, 0.25) is 0 Å². The molecule has 1 fully saturated rings. The molecule has 1 aromatic rings. The summed E-state index contributed by atoms with van der Waals surface area (Å²) < 4.78 is 29.3. The molecular weight excluding hydrogens is 288 g/mol. The zero-order valence-corrected chi connectivity index (χ0v) is 13.9. The first-order valence-electron chi connectivity index (χ1n) is 7.64. The first kappa shape index (κ1) is 16.5. The topological polar surface area (TPSA) is 71.3 Å². The van der Waals surface area contributed by atoms with E-state index < -0.39 is 10.0 Å². The van der Waals surface area contributed by atoms with Gasteiger partial charge in [-0.3, -0.25) is 0 Å². The molecule has 0 radical (unpaired) electrons. The second kappa shape index (κ2) is 6.50. The Morgan fingerprint density at radius 1 is 1.43 bits per heavy atom. The lowest BCUT2D eigenvalue weighted by atomic mass is 10.1. The van der Waals surface area contributed by atoms with E-state index in [1.165, 1.54) is 6.42 Å². The summed E-state index contributed by atoms with van der Waals surface area (Å²) in [6, 6.07) is 1.67. The van der Waals surface area contributed by atoms with Gasteiger partial charge in [0.25, 0.3) is 0 Å². The Morgan fingerprint density at radius 3 is 2.62 bits per heavy atom. The van der Waals surface area contributed by atoms with Gasteiger partial charge in [0, 0.05) is 24.5 Å². The van der Waals surface area contributed by atoms with Crippen LogP contribution in [0.1, 0.15) is 51.8 Å². The molecule has 5 nitrogen and oxygen atoms in total. The molecule has 0 bridgehead atoms. The SMILES string of the molecule is CC1CCC(CNS(=O)(=O)c2cc(CO)n(C(C)C)c2)C1. The molecule has 2 N–H and O–H groups in total. The van der Waals surface area contributed by atoms with Crippen molar-refractivity contribution >= 4 is 10.0 Å². The zero-order chi connectivity index (χ0) is 15.6. The molecule has 21 heavy (non-hydrogen) atoms.